The lowest BCUT2D eigenvalue weighted by Gasteiger charge is -2.12. The van der Waals surface area contributed by atoms with Crippen LogP contribution in [-0.2, 0) is 10.0 Å². The molecule has 1 aromatic heterocycles. The fourth-order valence-corrected chi connectivity index (χ4v) is 2.45. The Balaban J connectivity index is 2.17. The zero-order valence-electron chi connectivity index (χ0n) is 12.1. The van der Waals surface area contributed by atoms with Crippen molar-refractivity contribution >= 4 is 38.8 Å². The molecule has 8 heteroatoms. The van der Waals surface area contributed by atoms with E-state index in [1.807, 2.05) is 0 Å². The van der Waals surface area contributed by atoms with Crippen LogP contribution in [0.25, 0.3) is 0 Å². The van der Waals surface area contributed by atoms with Crippen molar-refractivity contribution in [1.29, 1.82) is 0 Å². The van der Waals surface area contributed by atoms with Crippen LogP contribution in [0.3, 0.4) is 0 Å². The molecule has 0 spiro atoms. The molecular weight excluding hydrogens is 326 g/mol. The minimum Gasteiger partial charge on any atom is -0.495 e. The highest BCUT2D eigenvalue weighted by Crippen LogP contribution is 2.30. The van der Waals surface area contributed by atoms with Crippen molar-refractivity contribution in [1.82, 2.24) is 4.98 Å². The molecule has 0 unspecified atom stereocenters. The first-order valence-corrected chi connectivity index (χ1v) is 8.53. The molecule has 0 aliphatic heterocycles. The van der Waals surface area contributed by atoms with Gasteiger partial charge < -0.3 is 10.1 Å². The zero-order chi connectivity index (χ0) is 16.2. The van der Waals surface area contributed by atoms with Gasteiger partial charge in [-0.3, -0.25) is 4.72 Å². The van der Waals surface area contributed by atoms with Gasteiger partial charge in [0.1, 0.15) is 11.6 Å². The van der Waals surface area contributed by atoms with Gasteiger partial charge >= 0.3 is 0 Å². The second-order valence-electron chi connectivity index (χ2n) is 4.41. The third-order valence-corrected chi connectivity index (χ3v) is 4.36. The molecule has 118 valence electrons. The van der Waals surface area contributed by atoms with Crippen LogP contribution in [0, 0.1) is 0 Å². The van der Waals surface area contributed by atoms with Crippen LogP contribution in [0.4, 0.5) is 17.2 Å². The van der Waals surface area contributed by atoms with Gasteiger partial charge in [-0.1, -0.05) is 11.6 Å². The first-order chi connectivity index (χ1) is 10.4. The molecule has 0 bridgehead atoms. The summed E-state index contributed by atoms with van der Waals surface area (Å²) in [7, 11) is -1.77. The average Bonchev–Trinajstić information content (AvgIpc) is 2.49. The van der Waals surface area contributed by atoms with Crippen molar-refractivity contribution in [3.05, 3.63) is 41.6 Å². The Morgan fingerprint density at radius 3 is 2.64 bits per heavy atom. The molecule has 6 nitrogen and oxygen atoms in total. The lowest BCUT2D eigenvalue weighted by molar-refractivity contribution is 0.417. The number of pyridine rings is 1. The highest BCUT2D eigenvalue weighted by atomic mass is 35.5. The third kappa shape index (κ3) is 4.25. The summed E-state index contributed by atoms with van der Waals surface area (Å²) in [5.41, 5.74) is 1.37. The Kier molecular flexibility index (Phi) is 5.10. The van der Waals surface area contributed by atoms with E-state index in [-0.39, 0.29) is 11.6 Å². The molecule has 1 heterocycles. The number of halogens is 1. The average molecular weight is 342 g/mol. The van der Waals surface area contributed by atoms with Crippen LogP contribution in [0.15, 0.2) is 36.5 Å². The van der Waals surface area contributed by atoms with E-state index in [2.05, 4.69) is 15.0 Å². The van der Waals surface area contributed by atoms with Gasteiger partial charge in [0.05, 0.1) is 30.4 Å². The van der Waals surface area contributed by atoms with Gasteiger partial charge in [-0.05, 0) is 37.3 Å². The van der Waals surface area contributed by atoms with Gasteiger partial charge in [-0.25, -0.2) is 13.4 Å². The standard InChI is InChI=1S/C14H16ClN3O3S/c1-3-22(19,20)18-14-7-5-11(9-16-14)17-12-8-10(15)4-6-13(12)21-2/h4-9,17H,3H2,1-2H3,(H,16,18). The lowest BCUT2D eigenvalue weighted by Crippen LogP contribution is -2.15. The summed E-state index contributed by atoms with van der Waals surface area (Å²) < 4.78 is 30.6. The van der Waals surface area contributed by atoms with E-state index < -0.39 is 10.0 Å². The normalized spacial score (nSPS) is 11.0. The zero-order valence-corrected chi connectivity index (χ0v) is 13.7. The van der Waals surface area contributed by atoms with Crippen LogP contribution in [0.2, 0.25) is 5.02 Å². The van der Waals surface area contributed by atoms with Gasteiger partial charge in [0.2, 0.25) is 10.0 Å². The SMILES string of the molecule is CCS(=O)(=O)Nc1ccc(Nc2cc(Cl)ccc2OC)cn1. The minimum absolute atomic E-state index is 0.00556. The van der Waals surface area contributed by atoms with Crippen LogP contribution in [0.5, 0.6) is 5.75 Å². The number of hydrogen-bond donors (Lipinski definition) is 2. The topological polar surface area (TPSA) is 80.3 Å². The van der Waals surface area contributed by atoms with Crippen LogP contribution < -0.4 is 14.8 Å². The first-order valence-electron chi connectivity index (χ1n) is 6.50. The van der Waals surface area contributed by atoms with Crippen molar-refractivity contribution in [3.8, 4) is 5.75 Å². The predicted molar refractivity (Wildman–Crippen MR) is 88.6 cm³/mol. The fourth-order valence-electron chi connectivity index (χ4n) is 1.69. The van der Waals surface area contributed by atoms with E-state index in [4.69, 9.17) is 16.3 Å². The lowest BCUT2D eigenvalue weighted by atomic mass is 10.2. The van der Waals surface area contributed by atoms with Gasteiger partial charge in [0.25, 0.3) is 0 Å². The second-order valence-corrected chi connectivity index (χ2v) is 6.85. The van der Waals surface area contributed by atoms with Crippen molar-refractivity contribution < 1.29 is 13.2 Å². The molecular formula is C14H16ClN3O3S. The molecule has 0 fully saturated rings. The number of anilines is 3. The van der Waals surface area contributed by atoms with Crippen molar-refractivity contribution in [3.63, 3.8) is 0 Å². The van der Waals surface area contributed by atoms with Crippen molar-refractivity contribution in [2.24, 2.45) is 0 Å². The number of hydrogen-bond acceptors (Lipinski definition) is 5. The molecule has 2 N–H and O–H groups in total. The summed E-state index contributed by atoms with van der Waals surface area (Å²) in [5, 5.41) is 3.69. The second kappa shape index (κ2) is 6.85. The number of aromatic nitrogens is 1. The molecule has 0 saturated heterocycles. The third-order valence-electron chi connectivity index (χ3n) is 2.84. The molecule has 0 radical (unpaired) electrons. The highest BCUT2D eigenvalue weighted by molar-refractivity contribution is 7.92. The highest BCUT2D eigenvalue weighted by Gasteiger charge is 2.08. The van der Waals surface area contributed by atoms with Gasteiger partial charge in [-0.15, -0.1) is 0 Å². The van der Waals surface area contributed by atoms with Crippen LogP contribution >= 0.6 is 11.6 Å². The van der Waals surface area contributed by atoms with Crippen LogP contribution in [0.1, 0.15) is 6.92 Å². The van der Waals surface area contributed by atoms with E-state index in [0.717, 1.165) is 0 Å². The molecule has 22 heavy (non-hydrogen) atoms. The smallest absolute Gasteiger partial charge is 0.233 e. The molecule has 0 saturated carbocycles. The Morgan fingerprint density at radius 2 is 2.05 bits per heavy atom. The number of nitrogens with one attached hydrogen (secondary N) is 2. The molecule has 0 aliphatic carbocycles. The van der Waals surface area contributed by atoms with E-state index >= 15 is 0 Å². The first kappa shape index (κ1) is 16.4. The molecule has 2 rings (SSSR count). The quantitative estimate of drug-likeness (QED) is 0.843. The van der Waals surface area contributed by atoms with Gasteiger partial charge in [0.15, 0.2) is 0 Å². The number of sulfonamides is 1. The molecule has 0 amide bonds. The summed E-state index contributed by atoms with van der Waals surface area (Å²) >= 11 is 5.97. The summed E-state index contributed by atoms with van der Waals surface area (Å²) in [5.74, 6) is 0.902. The largest absolute Gasteiger partial charge is 0.495 e. The van der Waals surface area contributed by atoms with Crippen LogP contribution in [-0.4, -0.2) is 26.3 Å². The van der Waals surface area contributed by atoms with Crippen molar-refractivity contribution in [2.75, 3.05) is 22.9 Å². The summed E-state index contributed by atoms with van der Waals surface area (Å²) in [6.07, 6.45) is 1.52. The molecule has 0 atom stereocenters. The van der Waals surface area contributed by atoms with Crippen molar-refractivity contribution in [2.45, 2.75) is 6.92 Å². The van der Waals surface area contributed by atoms with E-state index in [1.54, 1.807) is 44.4 Å². The Labute approximate surface area is 134 Å². The number of benzene rings is 1. The van der Waals surface area contributed by atoms with E-state index in [1.165, 1.54) is 6.20 Å². The summed E-state index contributed by atoms with van der Waals surface area (Å²) in [6.45, 7) is 1.56. The van der Waals surface area contributed by atoms with E-state index in [9.17, 15) is 8.42 Å². The predicted octanol–water partition coefficient (Wildman–Crippen LogP) is 3.25. The monoisotopic (exact) mass is 341 g/mol. The fraction of sp³-hybridized carbons (Fsp3) is 0.214. The Hall–Kier alpha value is -1.99. The summed E-state index contributed by atoms with van der Waals surface area (Å²) in [6, 6.07) is 8.50. The molecule has 1 aromatic carbocycles. The summed E-state index contributed by atoms with van der Waals surface area (Å²) in [4.78, 5) is 4.06. The maximum Gasteiger partial charge on any atom is 0.233 e. The maximum absolute atomic E-state index is 11.5. The van der Waals surface area contributed by atoms with Gasteiger partial charge in [0, 0.05) is 5.02 Å². The van der Waals surface area contributed by atoms with E-state index in [0.29, 0.717) is 22.1 Å². The number of ether oxygens (including phenoxy) is 1. The number of nitrogens with zero attached hydrogens (tertiary/aromatic N) is 1. The number of methoxy groups -OCH3 is 1. The molecule has 0 aliphatic rings. The van der Waals surface area contributed by atoms with Gasteiger partial charge in [-0.2, -0.15) is 0 Å². The minimum atomic E-state index is -3.33. The maximum atomic E-state index is 11.5. The molecule has 2 aromatic rings. The Morgan fingerprint density at radius 1 is 1.27 bits per heavy atom. The number of rotatable bonds is 6. The Bertz CT molecular complexity index is 748.